The molecular formula is C20H27FN4O. The highest BCUT2D eigenvalue weighted by atomic mass is 19.1. The lowest BCUT2D eigenvalue weighted by molar-refractivity contribution is 0.431. The lowest BCUT2D eigenvalue weighted by atomic mass is 10.2. The van der Waals surface area contributed by atoms with E-state index >= 15 is 0 Å². The van der Waals surface area contributed by atoms with Gasteiger partial charge in [0.15, 0.2) is 17.5 Å². The molecule has 0 amide bonds. The second-order valence-corrected chi connectivity index (χ2v) is 5.91. The Balaban J connectivity index is 1.74. The number of phenolic OH excluding ortho intramolecular Hbond substituents is 1. The van der Waals surface area contributed by atoms with E-state index in [0.29, 0.717) is 12.5 Å². The minimum Gasteiger partial charge on any atom is -0.505 e. The van der Waals surface area contributed by atoms with Crippen LogP contribution in [0.25, 0.3) is 0 Å². The van der Waals surface area contributed by atoms with Crippen LogP contribution in [0.2, 0.25) is 0 Å². The molecule has 5 nitrogen and oxygen atoms in total. The van der Waals surface area contributed by atoms with Gasteiger partial charge in [-0.3, -0.25) is 4.99 Å². The van der Waals surface area contributed by atoms with Crippen molar-refractivity contribution in [2.45, 2.75) is 19.9 Å². The minimum absolute atomic E-state index is 0.338. The molecule has 0 aliphatic carbocycles. The zero-order chi connectivity index (χ0) is 18.8. The van der Waals surface area contributed by atoms with Crippen LogP contribution in [0, 0.1) is 5.82 Å². The molecule has 0 aromatic heterocycles. The third kappa shape index (κ3) is 5.95. The number of hydrogen-bond acceptors (Lipinski definition) is 3. The standard InChI is InChI=1S/C20H27FN4O/c1-3-25(17-8-5-4-6-9-17)13-7-12-23-20(22-2)24-15-16-10-11-19(26)18(21)14-16/h4-6,8-11,14,26H,3,7,12-13,15H2,1-2H3,(H2,22,23,24). The van der Waals surface area contributed by atoms with Crippen LogP contribution in [0.3, 0.4) is 0 Å². The molecule has 2 aromatic carbocycles. The van der Waals surface area contributed by atoms with Crippen LogP contribution in [0.1, 0.15) is 18.9 Å². The molecule has 0 spiro atoms. The van der Waals surface area contributed by atoms with Crippen molar-refractivity contribution in [3.8, 4) is 5.75 Å². The first-order valence-corrected chi connectivity index (χ1v) is 8.86. The molecule has 0 unspecified atom stereocenters. The van der Waals surface area contributed by atoms with Crippen LogP contribution < -0.4 is 15.5 Å². The molecule has 0 atom stereocenters. The summed E-state index contributed by atoms with van der Waals surface area (Å²) >= 11 is 0. The van der Waals surface area contributed by atoms with Crippen molar-refractivity contribution < 1.29 is 9.50 Å². The van der Waals surface area contributed by atoms with Gasteiger partial charge in [-0.15, -0.1) is 0 Å². The average molecular weight is 358 g/mol. The smallest absolute Gasteiger partial charge is 0.191 e. The third-order valence-corrected chi connectivity index (χ3v) is 4.10. The van der Waals surface area contributed by atoms with Crippen LogP contribution >= 0.6 is 0 Å². The van der Waals surface area contributed by atoms with Crippen LogP contribution in [0.5, 0.6) is 5.75 Å². The first-order valence-electron chi connectivity index (χ1n) is 8.86. The molecule has 26 heavy (non-hydrogen) atoms. The van der Waals surface area contributed by atoms with Gasteiger partial charge in [0.05, 0.1) is 0 Å². The molecule has 0 heterocycles. The summed E-state index contributed by atoms with van der Waals surface area (Å²) in [5.74, 6) is -0.288. The Morgan fingerprint density at radius 2 is 1.92 bits per heavy atom. The van der Waals surface area contributed by atoms with Crippen LogP contribution in [0.15, 0.2) is 53.5 Å². The molecule has 140 valence electrons. The second kappa shape index (κ2) is 10.3. The van der Waals surface area contributed by atoms with E-state index in [1.807, 2.05) is 18.2 Å². The van der Waals surface area contributed by atoms with Gasteiger partial charge in [0.25, 0.3) is 0 Å². The van der Waals surface area contributed by atoms with Crippen molar-refractivity contribution in [1.29, 1.82) is 0 Å². The molecule has 0 bridgehead atoms. The number of halogens is 1. The maximum atomic E-state index is 13.4. The number of guanidine groups is 1. The van der Waals surface area contributed by atoms with E-state index < -0.39 is 5.82 Å². The summed E-state index contributed by atoms with van der Waals surface area (Å²) in [6, 6.07) is 14.7. The van der Waals surface area contributed by atoms with Crippen molar-refractivity contribution in [3.63, 3.8) is 0 Å². The van der Waals surface area contributed by atoms with Gasteiger partial charge in [0, 0.05) is 38.9 Å². The van der Waals surface area contributed by atoms with E-state index in [0.717, 1.165) is 31.6 Å². The maximum Gasteiger partial charge on any atom is 0.191 e. The van der Waals surface area contributed by atoms with Crippen LogP contribution in [-0.4, -0.2) is 37.7 Å². The number of nitrogens with one attached hydrogen (secondary N) is 2. The normalized spacial score (nSPS) is 11.3. The molecule has 0 aliphatic heterocycles. The summed E-state index contributed by atoms with van der Waals surface area (Å²) in [6.45, 7) is 5.28. The van der Waals surface area contributed by atoms with Crippen molar-refractivity contribution in [3.05, 3.63) is 59.9 Å². The Bertz CT molecular complexity index is 706. The summed E-state index contributed by atoms with van der Waals surface area (Å²) in [5.41, 5.74) is 1.97. The Hall–Kier alpha value is -2.76. The number of para-hydroxylation sites is 1. The number of hydrogen-bond donors (Lipinski definition) is 3. The Labute approximate surface area is 154 Å². The molecule has 2 aromatic rings. The molecule has 0 aliphatic rings. The summed E-state index contributed by atoms with van der Waals surface area (Å²) < 4.78 is 13.4. The molecule has 0 fully saturated rings. The van der Waals surface area contributed by atoms with E-state index in [1.165, 1.54) is 17.8 Å². The van der Waals surface area contributed by atoms with Crippen molar-refractivity contribution in [2.75, 3.05) is 31.6 Å². The van der Waals surface area contributed by atoms with Gasteiger partial charge in [0.1, 0.15) is 0 Å². The fourth-order valence-electron chi connectivity index (χ4n) is 2.65. The SMILES string of the molecule is CCN(CCCNC(=NC)NCc1ccc(O)c(F)c1)c1ccccc1. The zero-order valence-corrected chi connectivity index (χ0v) is 15.4. The highest BCUT2D eigenvalue weighted by molar-refractivity contribution is 5.79. The van der Waals surface area contributed by atoms with Gasteiger partial charge in [-0.2, -0.15) is 0 Å². The summed E-state index contributed by atoms with van der Waals surface area (Å²) in [5, 5.41) is 15.6. The fourth-order valence-corrected chi connectivity index (χ4v) is 2.65. The Kier molecular flexibility index (Phi) is 7.74. The molecule has 0 saturated carbocycles. The molecule has 6 heteroatoms. The van der Waals surface area contributed by atoms with E-state index in [-0.39, 0.29) is 5.75 Å². The van der Waals surface area contributed by atoms with E-state index in [9.17, 15) is 9.50 Å². The van der Waals surface area contributed by atoms with Crippen molar-refractivity contribution >= 4 is 11.6 Å². The molecular weight excluding hydrogens is 331 g/mol. The average Bonchev–Trinajstić information content (AvgIpc) is 2.67. The first kappa shape index (κ1) is 19.6. The van der Waals surface area contributed by atoms with Crippen molar-refractivity contribution in [2.24, 2.45) is 4.99 Å². The fraction of sp³-hybridized carbons (Fsp3) is 0.350. The van der Waals surface area contributed by atoms with E-state index in [4.69, 9.17) is 0 Å². The van der Waals surface area contributed by atoms with Crippen molar-refractivity contribution in [1.82, 2.24) is 10.6 Å². The number of anilines is 1. The molecule has 3 N–H and O–H groups in total. The third-order valence-electron chi connectivity index (χ3n) is 4.10. The highest BCUT2D eigenvalue weighted by Gasteiger charge is 2.05. The Morgan fingerprint density at radius 1 is 1.15 bits per heavy atom. The zero-order valence-electron chi connectivity index (χ0n) is 15.4. The number of phenols is 1. The predicted molar refractivity (Wildman–Crippen MR) is 105 cm³/mol. The minimum atomic E-state index is -0.618. The lowest BCUT2D eigenvalue weighted by Gasteiger charge is -2.23. The lowest BCUT2D eigenvalue weighted by Crippen LogP contribution is -2.38. The predicted octanol–water partition coefficient (Wildman–Crippen LogP) is 3.11. The maximum absolute atomic E-state index is 13.4. The number of aliphatic imine (C=N–C) groups is 1. The van der Waals surface area contributed by atoms with Crippen LogP contribution in [0.4, 0.5) is 10.1 Å². The summed E-state index contributed by atoms with van der Waals surface area (Å²) in [6.07, 6.45) is 0.970. The largest absolute Gasteiger partial charge is 0.505 e. The van der Waals surface area contributed by atoms with E-state index in [2.05, 4.69) is 39.6 Å². The summed E-state index contributed by atoms with van der Waals surface area (Å²) in [4.78, 5) is 6.51. The van der Waals surface area contributed by atoms with Gasteiger partial charge < -0.3 is 20.6 Å². The second-order valence-electron chi connectivity index (χ2n) is 5.91. The highest BCUT2D eigenvalue weighted by Crippen LogP contribution is 2.16. The quantitative estimate of drug-likeness (QED) is 0.386. The number of rotatable bonds is 8. The number of benzene rings is 2. The van der Waals surface area contributed by atoms with Gasteiger partial charge in [-0.1, -0.05) is 24.3 Å². The monoisotopic (exact) mass is 358 g/mol. The number of aromatic hydroxyl groups is 1. The van der Waals surface area contributed by atoms with Gasteiger partial charge in [-0.25, -0.2) is 4.39 Å². The molecule has 0 saturated heterocycles. The van der Waals surface area contributed by atoms with Gasteiger partial charge in [-0.05, 0) is 43.2 Å². The van der Waals surface area contributed by atoms with Crippen LogP contribution in [-0.2, 0) is 6.54 Å². The summed E-state index contributed by atoms with van der Waals surface area (Å²) in [7, 11) is 1.70. The van der Waals surface area contributed by atoms with Gasteiger partial charge >= 0.3 is 0 Å². The number of nitrogens with zero attached hydrogens (tertiary/aromatic N) is 2. The topological polar surface area (TPSA) is 59.9 Å². The molecule has 2 rings (SSSR count). The van der Waals surface area contributed by atoms with Gasteiger partial charge in [0.2, 0.25) is 0 Å². The molecule has 0 radical (unpaired) electrons. The first-order chi connectivity index (χ1) is 12.6. The Morgan fingerprint density at radius 3 is 2.58 bits per heavy atom. The van der Waals surface area contributed by atoms with E-state index in [1.54, 1.807) is 13.1 Å².